The first-order chi connectivity index (χ1) is 17.6. The van der Waals surface area contributed by atoms with Crippen LogP contribution in [0.2, 0.25) is 5.02 Å². The first kappa shape index (κ1) is 26.1. The SMILES string of the molecule is COc1ccc(N2C(=O)C(=O)/C(=C(/O)c3ccc(OC(C)C)cc3)C2c2ccc(N(C)C)cc2)cc1Cl. The van der Waals surface area contributed by atoms with E-state index in [-0.39, 0.29) is 17.4 Å². The van der Waals surface area contributed by atoms with Crippen LogP contribution in [-0.2, 0) is 9.59 Å². The Labute approximate surface area is 221 Å². The van der Waals surface area contributed by atoms with E-state index in [0.717, 1.165) is 5.69 Å². The first-order valence-corrected chi connectivity index (χ1v) is 12.2. The second-order valence-electron chi connectivity index (χ2n) is 9.16. The van der Waals surface area contributed by atoms with Gasteiger partial charge in [-0.25, -0.2) is 0 Å². The number of benzene rings is 3. The van der Waals surface area contributed by atoms with Crippen LogP contribution in [0.4, 0.5) is 11.4 Å². The number of aliphatic hydroxyl groups is 1. The minimum atomic E-state index is -0.868. The largest absolute Gasteiger partial charge is 0.507 e. The molecule has 1 aliphatic rings. The molecule has 0 aromatic heterocycles. The molecule has 0 aliphatic carbocycles. The highest BCUT2D eigenvalue weighted by molar-refractivity contribution is 6.51. The second-order valence-corrected chi connectivity index (χ2v) is 9.57. The smallest absolute Gasteiger partial charge is 0.300 e. The molecule has 3 aromatic rings. The zero-order valence-corrected chi connectivity index (χ0v) is 22.1. The molecule has 1 heterocycles. The molecule has 1 aliphatic heterocycles. The van der Waals surface area contributed by atoms with Gasteiger partial charge in [-0.15, -0.1) is 0 Å². The topological polar surface area (TPSA) is 79.3 Å². The van der Waals surface area contributed by atoms with Crippen molar-refractivity contribution in [1.82, 2.24) is 0 Å². The number of carbonyl (C=O) groups is 2. The molecule has 0 bridgehead atoms. The first-order valence-electron chi connectivity index (χ1n) is 11.8. The van der Waals surface area contributed by atoms with Crippen LogP contribution in [0.1, 0.15) is 31.0 Å². The van der Waals surface area contributed by atoms with Crippen molar-refractivity contribution in [2.24, 2.45) is 0 Å². The Balaban J connectivity index is 1.87. The number of methoxy groups -OCH3 is 1. The van der Waals surface area contributed by atoms with Gasteiger partial charge in [-0.2, -0.15) is 0 Å². The molecule has 0 spiro atoms. The number of ether oxygens (including phenoxy) is 2. The van der Waals surface area contributed by atoms with Crippen molar-refractivity contribution in [1.29, 1.82) is 0 Å². The third-order valence-electron chi connectivity index (χ3n) is 6.08. The summed E-state index contributed by atoms with van der Waals surface area (Å²) in [5, 5.41) is 11.6. The Morgan fingerprint density at radius 3 is 2.19 bits per heavy atom. The van der Waals surface area contributed by atoms with Gasteiger partial charge < -0.3 is 19.5 Å². The van der Waals surface area contributed by atoms with Gasteiger partial charge in [-0.05, 0) is 74.0 Å². The number of halogens is 1. The molecule has 1 atom stereocenters. The molecule has 37 heavy (non-hydrogen) atoms. The van der Waals surface area contributed by atoms with E-state index in [1.807, 2.05) is 57.1 Å². The third-order valence-corrected chi connectivity index (χ3v) is 6.38. The predicted octanol–water partition coefficient (Wildman–Crippen LogP) is 5.83. The van der Waals surface area contributed by atoms with Crippen molar-refractivity contribution in [2.45, 2.75) is 26.0 Å². The van der Waals surface area contributed by atoms with Crippen LogP contribution in [0, 0.1) is 0 Å². The number of hydrogen-bond acceptors (Lipinski definition) is 6. The summed E-state index contributed by atoms with van der Waals surface area (Å²) in [5.74, 6) is -0.732. The fourth-order valence-corrected chi connectivity index (χ4v) is 4.55. The third kappa shape index (κ3) is 5.13. The number of nitrogens with zero attached hydrogens (tertiary/aromatic N) is 2. The van der Waals surface area contributed by atoms with Gasteiger partial charge in [0.15, 0.2) is 0 Å². The zero-order chi connectivity index (χ0) is 26.9. The molecule has 0 radical (unpaired) electrons. The van der Waals surface area contributed by atoms with Gasteiger partial charge in [-0.1, -0.05) is 23.7 Å². The molecule has 7 nitrogen and oxygen atoms in total. The van der Waals surface area contributed by atoms with Crippen molar-refractivity contribution < 1.29 is 24.2 Å². The Bertz CT molecular complexity index is 1350. The summed E-state index contributed by atoms with van der Waals surface area (Å²) in [7, 11) is 5.34. The molecule has 0 saturated carbocycles. The summed E-state index contributed by atoms with van der Waals surface area (Å²) in [4.78, 5) is 30.1. The van der Waals surface area contributed by atoms with Crippen LogP contribution >= 0.6 is 11.6 Å². The van der Waals surface area contributed by atoms with Crippen molar-refractivity contribution in [3.05, 3.63) is 88.5 Å². The maximum absolute atomic E-state index is 13.4. The lowest BCUT2D eigenvalue weighted by Gasteiger charge is -2.26. The van der Waals surface area contributed by atoms with Crippen LogP contribution in [0.3, 0.4) is 0 Å². The van der Waals surface area contributed by atoms with Crippen LogP contribution in [-0.4, -0.2) is 44.1 Å². The summed E-state index contributed by atoms with van der Waals surface area (Å²) in [5.41, 5.74) is 2.42. The summed E-state index contributed by atoms with van der Waals surface area (Å²) < 4.78 is 10.9. The molecule has 1 N–H and O–H groups in total. The van der Waals surface area contributed by atoms with Crippen molar-refractivity contribution in [3.8, 4) is 11.5 Å². The summed E-state index contributed by atoms with van der Waals surface area (Å²) in [6.07, 6.45) is -0.00812. The van der Waals surface area contributed by atoms with Gasteiger partial charge in [0.1, 0.15) is 17.3 Å². The number of amides is 1. The Kier molecular flexibility index (Phi) is 7.45. The van der Waals surface area contributed by atoms with E-state index >= 15 is 0 Å². The van der Waals surface area contributed by atoms with E-state index in [2.05, 4.69) is 0 Å². The van der Waals surface area contributed by atoms with Crippen LogP contribution in [0.15, 0.2) is 72.3 Å². The number of hydrogen-bond donors (Lipinski definition) is 1. The summed E-state index contributed by atoms with van der Waals surface area (Å²) in [6.45, 7) is 3.84. The minimum Gasteiger partial charge on any atom is -0.507 e. The lowest BCUT2D eigenvalue weighted by atomic mass is 9.95. The average molecular weight is 521 g/mol. The highest BCUT2D eigenvalue weighted by Crippen LogP contribution is 2.44. The van der Waals surface area contributed by atoms with E-state index in [9.17, 15) is 14.7 Å². The molecule has 192 valence electrons. The van der Waals surface area contributed by atoms with Gasteiger partial charge in [0.25, 0.3) is 11.7 Å². The van der Waals surface area contributed by atoms with Crippen molar-refractivity contribution in [3.63, 3.8) is 0 Å². The summed E-state index contributed by atoms with van der Waals surface area (Å²) >= 11 is 6.36. The fourth-order valence-electron chi connectivity index (χ4n) is 4.29. The van der Waals surface area contributed by atoms with E-state index in [4.69, 9.17) is 21.1 Å². The summed E-state index contributed by atoms with van der Waals surface area (Å²) in [6, 6.07) is 18.2. The Morgan fingerprint density at radius 2 is 1.65 bits per heavy atom. The number of Topliss-reactive ketones (excluding diaryl/α,β-unsaturated/α-hetero) is 1. The Hall–Kier alpha value is -3.97. The molecule has 4 rings (SSSR count). The highest BCUT2D eigenvalue weighted by Gasteiger charge is 2.47. The Morgan fingerprint density at radius 1 is 1.00 bits per heavy atom. The lowest BCUT2D eigenvalue weighted by molar-refractivity contribution is -0.132. The monoisotopic (exact) mass is 520 g/mol. The standard InChI is InChI=1S/C29H29ClN2O5/c1-17(2)37-22-13-8-19(9-14-22)27(33)25-26(18-6-10-20(11-7-18)31(3)4)32(29(35)28(25)34)21-12-15-24(36-5)23(30)16-21/h6-17,26,33H,1-5H3/b27-25+. The molecule has 1 saturated heterocycles. The van der Waals surface area contributed by atoms with Gasteiger partial charge in [0, 0.05) is 31.0 Å². The number of aliphatic hydroxyl groups excluding tert-OH is 1. The van der Waals surface area contributed by atoms with Crippen LogP contribution in [0.25, 0.3) is 5.76 Å². The van der Waals surface area contributed by atoms with Gasteiger partial charge in [0.05, 0.1) is 29.9 Å². The molecule has 1 fully saturated rings. The van der Waals surface area contributed by atoms with Crippen LogP contribution < -0.4 is 19.3 Å². The van der Waals surface area contributed by atoms with Gasteiger partial charge in [0.2, 0.25) is 0 Å². The fraction of sp³-hybridized carbons (Fsp3) is 0.241. The molecule has 3 aromatic carbocycles. The van der Waals surface area contributed by atoms with E-state index < -0.39 is 17.7 Å². The number of anilines is 2. The van der Waals surface area contributed by atoms with Crippen LogP contribution in [0.5, 0.6) is 11.5 Å². The number of carbonyl (C=O) groups excluding carboxylic acids is 2. The quantitative estimate of drug-likeness (QED) is 0.240. The highest BCUT2D eigenvalue weighted by atomic mass is 35.5. The van der Waals surface area contributed by atoms with E-state index in [1.165, 1.54) is 12.0 Å². The maximum atomic E-state index is 13.4. The minimum absolute atomic E-state index is 0.00734. The van der Waals surface area contributed by atoms with Crippen molar-refractivity contribution in [2.75, 3.05) is 31.0 Å². The predicted molar refractivity (Wildman–Crippen MR) is 146 cm³/mol. The van der Waals surface area contributed by atoms with E-state index in [0.29, 0.717) is 33.3 Å². The average Bonchev–Trinajstić information content (AvgIpc) is 3.14. The number of rotatable bonds is 7. The van der Waals surface area contributed by atoms with E-state index in [1.54, 1.807) is 42.5 Å². The van der Waals surface area contributed by atoms with Gasteiger partial charge >= 0.3 is 0 Å². The van der Waals surface area contributed by atoms with Gasteiger partial charge in [-0.3, -0.25) is 14.5 Å². The lowest BCUT2D eigenvalue weighted by Crippen LogP contribution is -2.29. The van der Waals surface area contributed by atoms with Crippen molar-refractivity contribution >= 4 is 40.4 Å². The molecular weight excluding hydrogens is 492 g/mol. The molecule has 1 unspecified atom stereocenters. The second kappa shape index (κ2) is 10.6. The number of ketones is 1. The molecule has 8 heteroatoms. The molecular formula is C29H29ClN2O5. The normalized spacial score (nSPS) is 16.8. The molecule has 1 amide bonds. The zero-order valence-electron chi connectivity index (χ0n) is 21.4. The maximum Gasteiger partial charge on any atom is 0.300 e.